The van der Waals surface area contributed by atoms with Gasteiger partial charge in [0.15, 0.2) is 0 Å². The molecule has 0 aromatic rings. The van der Waals surface area contributed by atoms with Crippen LogP contribution in [0, 0.1) is 0 Å². The fraction of sp³-hybridized carbons (Fsp3) is 0.750. The number of carbonyl (C=O) groups is 1. The first-order chi connectivity index (χ1) is 8.73. The van der Waals surface area contributed by atoms with Crippen LogP contribution in [0.4, 0.5) is 18.0 Å². The molecule has 7 heteroatoms. The minimum Gasteiger partial charge on any atom is -0.332 e. The van der Waals surface area contributed by atoms with Crippen molar-refractivity contribution in [3.63, 3.8) is 0 Å². The van der Waals surface area contributed by atoms with Crippen LogP contribution < -0.4 is 5.32 Å². The van der Waals surface area contributed by atoms with Crippen molar-refractivity contribution in [3.05, 3.63) is 12.7 Å². The quantitative estimate of drug-likeness (QED) is 0.800. The minimum atomic E-state index is -4.20. The lowest BCUT2D eigenvalue weighted by Crippen LogP contribution is -2.58. The Morgan fingerprint density at radius 1 is 1.53 bits per heavy atom. The molecule has 2 atom stereocenters. The van der Waals surface area contributed by atoms with Crippen molar-refractivity contribution in [2.24, 2.45) is 0 Å². The number of rotatable bonds is 3. The molecule has 0 saturated carbocycles. The first kappa shape index (κ1) is 15.8. The van der Waals surface area contributed by atoms with Crippen molar-refractivity contribution in [2.75, 3.05) is 26.2 Å². The van der Waals surface area contributed by atoms with E-state index < -0.39 is 12.7 Å². The second-order valence-corrected chi connectivity index (χ2v) is 4.85. The number of alkyl halides is 3. The molecule has 1 rings (SSSR count). The number of nitrogens with zero attached hydrogens (tertiary/aromatic N) is 2. The smallest absolute Gasteiger partial charge is 0.332 e. The minimum absolute atomic E-state index is 0.156. The van der Waals surface area contributed by atoms with Gasteiger partial charge in [0, 0.05) is 31.7 Å². The fourth-order valence-corrected chi connectivity index (χ4v) is 1.99. The van der Waals surface area contributed by atoms with Crippen LogP contribution in [-0.4, -0.2) is 60.3 Å². The number of halogens is 3. The standard InChI is InChI=1S/C12H20F3N3O/c1-4-9(2)16-11(19)17-5-6-18(10(3)7-17)8-12(13,14)15/h4,9-10H,1,5-8H2,2-3H3,(H,16,19). The second kappa shape index (κ2) is 6.27. The molecule has 1 fully saturated rings. The number of amides is 2. The lowest BCUT2D eigenvalue weighted by Gasteiger charge is -2.40. The van der Waals surface area contributed by atoms with Gasteiger partial charge in [-0.25, -0.2) is 4.79 Å². The number of nitrogens with one attached hydrogen (secondary N) is 1. The highest BCUT2D eigenvalue weighted by atomic mass is 19.4. The second-order valence-electron chi connectivity index (χ2n) is 4.85. The van der Waals surface area contributed by atoms with Crippen LogP contribution >= 0.6 is 0 Å². The molecule has 0 aromatic heterocycles. The van der Waals surface area contributed by atoms with Crippen LogP contribution in [0.3, 0.4) is 0 Å². The van der Waals surface area contributed by atoms with Gasteiger partial charge in [-0.1, -0.05) is 6.08 Å². The Balaban J connectivity index is 2.49. The maximum Gasteiger partial charge on any atom is 0.401 e. The topological polar surface area (TPSA) is 35.6 Å². The van der Waals surface area contributed by atoms with E-state index in [1.807, 2.05) is 0 Å². The highest BCUT2D eigenvalue weighted by Gasteiger charge is 2.35. The van der Waals surface area contributed by atoms with E-state index in [4.69, 9.17) is 0 Å². The van der Waals surface area contributed by atoms with Crippen molar-refractivity contribution < 1.29 is 18.0 Å². The van der Waals surface area contributed by atoms with Crippen molar-refractivity contribution in [1.29, 1.82) is 0 Å². The fourth-order valence-electron chi connectivity index (χ4n) is 1.99. The van der Waals surface area contributed by atoms with E-state index in [1.54, 1.807) is 19.9 Å². The van der Waals surface area contributed by atoms with Gasteiger partial charge in [-0.15, -0.1) is 6.58 Å². The summed E-state index contributed by atoms with van der Waals surface area (Å²) >= 11 is 0. The van der Waals surface area contributed by atoms with Gasteiger partial charge in [0.25, 0.3) is 0 Å². The molecule has 1 aliphatic heterocycles. The highest BCUT2D eigenvalue weighted by Crippen LogP contribution is 2.20. The molecule has 19 heavy (non-hydrogen) atoms. The number of urea groups is 1. The Labute approximate surface area is 111 Å². The van der Waals surface area contributed by atoms with Crippen LogP contribution in [0.25, 0.3) is 0 Å². The lowest BCUT2D eigenvalue weighted by atomic mass is 10.2. The Hall–Kier alpha value is -1.24. The monoisotopic (exact) mass is 279 g/mol. The average molecular weight is 279 g/mol. The summed E-state index contributed by atoms with van der Waals surface area (Å²) in [6.45, 7) is 6.95. The van der Waals surface area contributed by atoms with Crippen molar-refractivity contribution in [3.8, 4) is 0 Å². The number of hydrogen-bond acceptors (Lipinski definition) is 2. The zero-order valence-corrected chi connectivity index (χ0v) is 11.2. The van der Waals surface area contributed by atoms with Crippen LogP contribution in [-0.2, 0) is 0 Å². The molecule has 2 amide bonds. The number of carbonyl (C=O) groups excluding carboxylic acids is 1. The zero-order chi connectivity index (χ0) is 14.6. The van der Waals surface area contributed by atoms with Crippen LogP contribution in [0.1, 0.15) is 13.8 Å². The Bertz CT molecular complexity index is 333. The van der Waals surface area contributed by atoms with E-state index in [1.165, 1.54) is 9.80 Å². The van der Waals surface area contributed by atoms with Crippen LogP contribution in [0.2, 0.25) is 0 Å². The molecule has 1 N–H and O–H groups in total. The van der Waals surface area contributed by atoms with Crippen molar-refractivity contribution in [1.82, 2.24) is 15.1 Å². The summed E-state index contributed by atoms with van der Waals surface area (Å²) in [6.07, 6.45) is -2.60. The van der Waals surface area contributed by atoms with E-state index in [0.717, 1.165) is 0 Å². The predicted molar refractivity (Wildman–Crippen MR) is 66.9 cm³/mol. The molecule has 110 valence electrons. The van der Waals surface area contributed by atoms with Gasteiger partial charge in [-0.3, -0.25) is 4.90 Å². The van der Waals surface area contributed by atoms with E-state index >= 15 is 0 Å². The van der Waals surface area contributed by atoms with Crippen LogP contribution in [0.5, 0.6) is 0 Å². The Morgan fingerprint density at radius 2 is 2.16 bits per heavy atom. The number of hydrogen-bond donors (Lipinski definition) is 1. The molecule has 1 aliphatic rings. The summed E-state index contributed by atoms with van der Waals surface area (Å²) in [5.74, 6) is 0. The maximum atomic E-state index is 12.3. The van der Waals surface area contributed by atoms with Gasteiger partial charge in [0.1, 0.15) is 0 Å². The van der Waals surface area contributed by atoms with E-state index in [0.29, 0.717) is 13.1 Å². The molecule has 1 saturated heterocycles. The van der Waals surface area contributed by atoms with Gasteiger partial charge in [-0.05, 0) is 13.8 Å². The van der Waals surface area contributed by atoms with Crippen molar-refractivity contribution >= 4 is 6.03 Å². The first-order valence-electron chi connectivity index (χ1n) is 6.21. The Kier molecular flexibility index (Phi) is 5.22. The molecule has 0 radical (unpaired) electrons. The summed E-state index contributed by atoms with van der Waals surface area (Å²) in [7, 11) is 0. The molecule has 4 nitrogen and oxygen atoms in total. The molecular formula is C12H20F3N3O. The van der Waals surface area contributed by atoms with Gasteiger partial charge in [0.2, 0.25) is 0 Å². The molecular weight excluding hydrogens is 259 g/mol. The van der Waals surface area contributed by atoms with Gasteiger partial charge in [0.05, 0.1) is 6.54 Å². The SMILES string of the molecule is C=CC(C)NC(=O)N1CCN(CC(F)(F)F)C(C)C1. The molecule has 0 bridgehead atoms. The van der Waals surface area contributed by atoms with E-state index in [9.17, 15) is 18.0 Å². The molecule has 0 aromatic carbocycles. The van der Waals surface area contributed by atoms with Gasteiger partial charge >= 0.3 is 12.2 Å². The van der Waals surface area contributed by atoms with E-state index in [-0.39, 0.29) is 24.7 Å². The van der Waals surface area contributed by atoms with E-state index in [2.05, 4.69) is 11.9 Å². The lowest BCUT2D eigenvalue weighted by molar-refractivity contribution is -0.153. The zero-order valence-electron chi connectivity index (χ0n) is 11.2. The molecule has 1 heterocycles. The summed E-state index contributed by atoms with van der Waals surface area (Å²) in [4.78, 5) is 14.7. The third kappa shape index (κ3) is 5.10. The summed E-state index contributed by atoms with van der Waals surface area (Å²) < 4.78 is 37.0. The highest BCUT2D eigenvalue weighted by molar-refractivity contribution is 5.74. The largest absolute Gasteiger partial charge is 0.401 e. The molecule has 0 aliphatic carbocycles. The third-order valence-electron chi connectivity index (χ3n) is 3.14. The summed E-state index contributed by atoms with van der Waals surface area (Å²) in [5, 5.41) is 2.71. The molecule has 2 unspecified atom stereocenters. The van der Waals surface area contributed by atoms with Gasteiger partial charge < -0.3 is 10.2 Å². The predicted octanol–water partition coefficient (Wildman–Crippen LogP) is 1.84. The van der Waals surface area contributed by atoms with Gasteiger partial charge in [-0.2, -0.15) is 13.2 Å². The number of piperazine rings is 1. The summed E-state index contributed by atoms with van der Waals surface area (Å²) in [6, 6.07) is -0.720. The maximum absolute atomic E-state index is 12.3. The van der Waals surface area contributed by atoms with Crippen molar-refractivity contribution in [2.45, 2.75) is 32.1 Å². The molecule has 0 spiro atoms. The Morgan fingerprint density at radius 3 is 2.63 bits per heavy atom. The average Bonchev–Trinajstić information content (AvgIpc) is 2.29. The van der Waals surface area contributed by atoms with Crippen LogP contribution in [0.15, 0.2) is 12.7 Å². The third-order valence-corrected chi connectivity index (χ3v) is 3.14. The summed E-state index contributed by atoms with van der Waals surface area (Å²) in [5.41, 5.74) is 0. The normalized spacial score (nSPS) is 23.0. The first-order valence-corrected chi connectivity index (χ1v) is 6.21.